The first-order chi connectivity index (χ1) is 11.1. The number of hydrogen-bond donors (Lipinski definition) is 0. The first-order valence-electron chi connectivity index (χ1n) is 9.58. The molecule has 1 aromatic rings. The van der Waals surface area contributed by atoms with E-state index in [1.165, 1.54) is 40.6 Å². The van der Waals surface area contributed by atoms with Crippen LogP contribution in [0.4, 0.5) is 5.69 Å². The maximum absolute atomic E-state index is 3.51. The second-order valence-electron chi connectivity index (χ2n) is 8.71. The molecule has 0 aromatic heterocycles. The van der Waals surface area contributed by atoms with Gasteiger partial charge in [0.1, 0.15) is 0 Å². The number of rotatable bonds is 5. The Labute approximate surface area is 157 Å². The standard InChI is InChI=1S/C22H35NSe/c1-9-22(10-2)14-21(7,8)23(20(22)24)19-17(15(3)4)12-11-13-18(19)16(5)6/h11-13,15-16H,9-10,14H2,1-8H3. The molecule has 1 saturated heterocycles. The van der Waals surface area contributed by atoms with E-state index in [1.54, 1.807) is 0 Å². The molecule has 2 heteroatoms. The fourth-order valence-electron chi connectivity index (χ4n) is 4.47. The molecular weight excluding hydrogens is 357 g/mol. The minimum atomic E-state index is 0.140. The van der Waals surface area contributed by atoms with E-state index in [9.17, 15) is 0 Å². The molecule has 1 nitrogen and oxygen atoms in total. The van der Waals surface area contributed by atoms with Gasteiger partial charge in [-0.2, -0.15) is 0 Å². The van der Waals surface area contributed by atoms with Crippen molar-refractivity contribution in [3.05, 3.63) is 29.3 Å². The predicted molar refractivity (Wildman–Crippen MR) is 110 cm³/mol. The molecule has 2 rings (SSSR count). The third kappa shape index (κ3) is 3.13. The van der Waals surface area contributed by atoms with Crippen LogP contribution in [0.3, 0.4) is 0 Å². The summed E-state index contributed by atoms with van der Waals surface area (Å²) in [4.78, 5) is 2.66. The van der Waals surface area contributed by atoms with Gasteiger partial charge in [-0.05, 0) is 0 Å². The third-order valence-electron chi connectivity index (χ3n) is 5.95. The second-order valence-corrected chi connectivity index (χ2v) is 9.52. The van der Waals surface area contributed by atoms with Crippen LogP contribution < -0.4 is 4.90 Å². The van der Waals surface area contributed by atoms with Crippen molar-refractivity contribution in [2.75, 3.05) is 4.90 Å². The van der Waals surface area contributed by atoms with Gasteiger partial charge in [0.05, 0.1) is 0 Å². The first kappa shape index (κ1) is 19.7. The molecule has 0 spiro atoms. The molecule has 1 aliphatic heterocycles. The van der Waals surface area contributed by atoms with Gasteiger partial charge in [-0.3, -0.25) is 0 Å². The molecule has 0 radical (unpaired) electrons. The van der Waals surface area contributed by atoms with Crippen LogP contribution in [0.25, 0.3) is 0 Å². The molecule has 0 saturated carbocycles. The summed E-state index contributed by atoms with van der Waals surface area (Å²) >= 11 is 3.51. The molecule has 24 heavy (non-hydrogen) atoms. The molecule has 0 atom stereocenters. The van der Waals surface area contributed by atoms with Crippen molar-refractivity contribution in [1.82, 2.24) is 0 Å². The number of hydrogen-bond acceptors (Lipinski definition) is 1. The molecule has 0 bridgehead atoms. The summed E-state index contributed by atoms with van der Waals surface area (Å²) in [6.45, 7) is 18.8. The van der Waals surface area contributed by atoms with Gasteiger partial charge < -0.3 is 0 Å². The fraction of sp³-hybridized carbons (Fsp3) is 0.682. The van der Waals surface area contributed by atoms with Gasteiger partial charge in [0, 0.05) is 0 Å². The molecule has 0 N–H and O–H groups in total. The molecule has 0 unspecified atom stereocenters. The summed E-state index contributed by atoms with van der Waals surface area (Å²) in [6.07, 6.45) is 3.62. The Balaban J connectivity index is 2.72. The average molecular weight is 392 g/mol. The zero-order chi connectivity index (χ0) is 18.3. The Bertz CT molecular complexity index is 582. The van der Waals surface area contributed by atoms with Gasteiger partial charge >= 0.3 is 157 Å². The zero-order valence-corrected chi connectivity index (χ0v) is 18.6. The van der Waals surface area contributed by atoms with E-state index in [-0.39, 0.29) is 5.54 Å². The van der Waals surface area contributed by atoms with Crippen LogP contribution in [-0.2, 0) is 0 Å². The maximum atomic E-state index is 3.51. The Hall–Kier alpha value is -0.591. The van der Waals surface area contributed by atoms with Crippen molar-refractivity contribution in [3.63, 3.8) is 0 Å². The van der Waals surface area contributed by atoms with Crippen molar-refractivity contribution in [1.29, 1.82) is 0 Å². The molecule has 134 valence electrons. The summed E-state index contributed by atoms with van der Waals surface area (Å²) in [7, 11) is 0. The molecule has 0 amide bonds. The van der Waals surface area contributed by atoms with E-state index in [0.717, 1.165) is 0 Å². The van der Waals surface area contributed by atoms with Crippen molar-refractivity contribution >= 4 is 25.8 Å². The Morgan fingerprint density at radius 3 is 1.79 bits per heavy atom. The minimum absolute atomic E-state index is 0.140. The second kappa shape index (κ2) is 6.96. The van der Waals surface area contributed by atoms with Gasteiger partial charge in [-0.15, -0.1) is 0 Å². The molecule has 1 aliphatic rings. The van der Waals surface area contributed by atoms with Gasteiger partial charge in [-0.25, -0.2) is 0 Å². The summed E-state index contributed by atoms with van der Waals surface area (Å²) in [5, 5.41) is 0. The van der Waals surface area contributed by atoms with E-state index < -0.39 is 0 Å². The number of para-hydroxylation sites is 1. The molecule has 1 fully saturated rings. The molecule has 1 aromatic carbocycles. The quantitative estimate of drug-likeness (QED) is 0.553. The summed E-state index contributed by atoms with van der Waals surface area (Å²) < 4.78 is 1.45. The van der Waals surface area contributed by atoms with Crippen LogP contribution in [0.2, 0.25) is 0 Å². The zero-order valence-electron chi connectivity index (χ0n) is 16.9. The topological polar surface area (TPSA) is 3.24 Å². The van der Waals surface area contributed by atoms with Gasteiger partial charge in [0.15, 0.2) is 0 Å². The van der Waals surface area contributed by atoms with E-state index >= 15 is 0 Å². The van der Waals surface area contributed by atoms with Gasteiger partial charge in [-0.1, -0.05) is 0 Å². The summed E-state index contributed by atoms with van der Waals surface area (Å²) in [5.74, 6) is 1.06. The normalized spacial score (nSPS) is 19.6. The van der Waals surface area contributed by atoms with E-state index in [1.807, 2.05) is 0 Å². The van der Waals surface area contributed by atoms with Crippen LogP contribution in [0.1, 0.15) is 97.6 Å². The van der Waals surface area contributed by atoms with Crippen LogP contribution in [0.5, 0.6) is 0 Å². The Morgan fingerprint density at radius 2 is 1.46 bits per heavy atom. The number of benzene rings is 1. The van der Waals surface area contributed by atoms with Crippen molar-refractivity contribution in [3.8, 4) is 0 Å². The Morgan fingerprint density at radius 1 is 1.00 bits per heavy atom. The fourth-order valence-corrected chi connectivity index (χ4v) is 5.94. The third-order valence-corrected chi connectivity index (χ3v) is 7.24. The predicted octanol–water partition coefficient (Wildman–Crippen LogP) is 6.03. The van der Waals surface area contributed by atoms with E-state index in [2.05, 4.69) is 94.1 Å². The van der Waals surface area contributed by atoms with E-state index in [4.69, 9.17) is 0 Å². The van der Waals surface area contributed by atoms with Crippen LogP contribution in [0.15, 0.2) is 18.2 Å². The average Bonchev–Trinajstić information content (AvgIpc) is 2.72. The first-order valence-corrected chi connectivity index (χ1v) is 10.4. The van der Waals surface area contributed by atoms with Gasteiger partial charge in [0.2, 0.25) is 0 Å². The Kier molecular flexibility index (Phi) is 5.72. The molecule has 0 aliphatic carbocycles. The van der Waals surface area contributed by atoms with Crippen molar-refractivity contribution in [2.45, 2.75) is 92.0 Å². The SMILES string of the molecule is CCC1(CC)CC(C)(C)N(c2c(C(C)C)cccc2C(C)C)C1=[Se]. The van der Waals surface area contributed by atoms with E-state index in [0.29, 0.717) is 17.3 Å². The van der Waals surface area contributed by atoms with Crippen molar-refractivity contribution < 1.29 is 0 Å². The summed E-state index contributed by atoms with van der Waals surface area (Å²) in [6, 6.07) is 6.89. The molecule has 1 heterocycles. The van der Waals surface area contributed by atoms with Crippen LogP contribution in [0, 0.1) is 5.41 Å². The van der Waals surface area contributed by atoms with Crippen LogP contribution >= 0.6 is 0 Å². The monoisotopic (exact) mass is 393 g/mol. The number of anilines is 1. The van der Waals surface area contributed by atoms with Crippen LogP contribution in [-0.4, -0.2) is 25.7 Å². The molecular formula is C22H35NSe. The van der Waals surface area contributed by atoms with Gasteiger partial charge in [0.25, 0.3) is 0 Å². The number of nitrogens with zero attached hydrogens (tertiary/aromatic N) is 1. The summed E-state index contributed by atoms with van der Waals surface area (Å²) in [5.41, 5.74) is 4.85. The van der Waals surface area contributed by atoms with Crippen molar-refractivity contribution in [2.24, 2.45) is 5.41 Å².